The molecule has 3 nitrogen and oxygen atoms in total. The molecule has 1 unspecified atom stereocenters. The Bertz CT molecular complexity index is 447. The van der Waals surface area contributed by atoms with E-state index in [1.165, 1.54) is 6.92 Å². The highest BCUT2D eigenvalue weighted by atomic mass is 35.5. The zero-order valence-corrected chi connectivity index (χ0v) is 11.9. The van der Waals surface area contributed by atoms with Crippen LogP contribution in [0, 0.1) is 0 Å². The van der Waals surface area contributed by atoms with Crippen molar-refractivity contribution in [1.82, 2.24) is 5.43 Å². The highest BCUT2D eigenvalue weighted by molar-refractivity contribution is 6.35. The van der Waals surface area contributed by atoms with Crippen LogP contribution in [0.2, 0.25) is 10.0 Å². The fourth-order valence-electron chi connectivity index (χ4n) is 1.64. The standard InChI is InChI=1S/C13H16Cl2N2O/c1-3-4-10(8-16-17-9(2)18)12-6-5-11(14)7-13(12)15/h5-8,10H,3-4H2,1-2H3,(H,17,18). The molecule has 0 aliphatic carbocycles. The molecule has 0 heterocycles. The number of rotatable bonds is 5. The van der Waals surface area contributed by atoms with Gasteiger partial charge in [-0.25, -0.2) is 5.43 Å². The molecule has 1 atom stereocenters. The van der Waals surface area contributed by atoms with Crippen LogP contribution in [0.15, 0.2) is 23.3 Å². The smallest absolute Gasteiger partial charge is 0.236 e. The molecule has 0 saturated carbocycles. The minimum Gasteiger partial charge on any atom is -0.274 e. The number of nitrogens with one attached hydrogen (secondary N) is 1. The van der Waals surface area contributed by atoms with Gasteiger partial charge in [0.1, 0.15) is 0 Å². The van der Waals surface area contributed by atoms with Gasteiger partial charge in [0.05, 0.1) is 0 Å². The Morgan fingerprint density at radius 3 is 2.78 bits per heavy atom. The van der Waals surface area contributed by atoms with Gasteiger partial charge < -0.3 is 0 Å². The molecule has 1 N–H and O–H groups in total. The summed E-state index contributed by atoms with van der Waals surface area (Å²) in [4.78, 5) is 10.8. The summed E-state index contributed by atoms with van der Waals surface area (Å²) >= 11 is 12.0. The molecule has 0 fully saturated rings. The van der Waals surface area contributed by atoms with E-state index in [1.54, 1.807) is 18.3 Å². The van der Waals surface area contributed by atoms with Gasteiger partial charge in [-0.15, -0.1) is 0 Å². The minimum atomic E-state index is -0.191. The molecule has 1 aromatic carbocycles. The Morgan fingerprint density at radius 1 is 1.50 bits per heavy atom. The Kier molecular flexibility index (Phi) is 6.16. The van der Waals surface area contributed by atoms with Crippen LogP contribution in [-0.2, 0) is 4.79 Å². The third-order valence-corrected chi connectivity index (χ3v) is 3.00. The monoisotopic (exact) mass is 286 g/mol. The molecule has 0 spiro atoms. The van der Waals surface area contributed by atoms with Gasteiger partial charge >= 0.3 is 0 Å². The number of hydrogen-bond acceptors (Lipinski definition) is 2. The first-order valence-electron chi connectivity index (χ1n) is 5.79. The van der Waals surface area contributed by atoms with Gasteiger partial charge in [0.25, 0.3) is 0 Å². The molecule has 0 aliphatic heterocycles. The van der Waals surface area contributed by atoms with E-state index in [9.17, 15) is 4.79 Å². The van der Waals surface area contributed by atoms with Crippen LogP contribution in [0.25, 0.3) is 0 Å². The predicted molar refractivity (Wildman–Crippen MR) is 76.4 cm³/mol. The van der Waals surface area contributed by atoms with Crippen molar-refractivity contribution in [3.63, 3.8) is 0 Å². The van der Waals surface area contributed by atoms with Crippen LogP contribution in [0.4, 0.5) is 0 Å². The SMILES string of the molecule is CCCC(C=NNC(C)=O)c1ccc(Cl)cc1Cl. The molecular formula is C13H16Cl2N2O. The molecule has 0 radical (unpaired) electrons. The van der Waals surface area contributed by atoms with Crippen molar-refractivity contribution in [2.24, 2.45) is 5.10 Å². The number of halogens is 2. The summed E-state index contributed by atoms with van der Waals surface area (Å²) in [6, 6.07) is 5.41. The van der Waals surface area contributed by atoms with Crippen molar-refractivity contribution < 1.29 is 4.79 Å². The van der Waals surface area contributed by atoms with Crippen LogP contribution in [0.5, 0.6) is 0 Å². The maximum absolute atomic E-state index is 10.8. The third kappa shape index (κ3) is 4.67. The number of benzene rings is 1. The number of carbonyl (C=O) groups is 1. The van der Waals surface area contributed by atoms with E-state index in [4.69, 9.17) is 23.2 Å². The van der Waals surface area contributed by atoms with Gasteiger partial charge in [0.2, 0.25) is 5.91 Å². The van der Waals surface area contributed by atoms with Crippen LogP contribution < -0.4 is 5.43 Å². The van der Waals surface area contributed by atoms with E-state index in [-0.39, 0.29) is 11.8 Å². The Hall–Kier alpha value is -1.06. The second kappa shape index (κ2) is 7.39. The van der Waals surface area contributed by atoms with Gasteiger partial charge in [-0.1, -0.05) is 42.6 Å². The van der Waals surface area contributed by atoms with Crippen LogP contribution >= 0.6 is 23.2 Å². The van der Waals surface area contributed by atoms with Crippen molar-refractivity contribution in [2.75, 3.05) is 0 Å². The highest BCUT2D eigenvalue weighted by Crippen LogP contribution is 2.29. The molecule has 1 aromatic rings. The summed E-state index contributed by atoms with van der Waals surface area (Å²) in [7, 11) is 0. The van der Waals surface area contributed by atoms with E-state index in [1.807, 2.05) is 6.07 Å². The fourth-order valence-corrected chi connectivity index (χ4v) is 2.19. The largest absolute Gasteiger partial charge is 0.274 e. The Balaban J connectivity index is 2.89. The van der Waals surface area contributed by atoms with Gasteiger partial charge in [-0.2, -0.15) is 5.10 Å². The first kappa shape index (κ1) is 15.0. The summed E-state index contributed by atoms with van der Waals surface area (Å²) in [5.41, 5.74) is 3.37. The summed E-state index contributed by atoms with van der Waals surface area (Å²) in [5.74, 6) is -0.115. The van der Waals surface area contributed by atoms with E-state index in [0.29, 0.717) is 10.0 Å². The minimum absolute atomic E-state index is 0.0756. The summed E-state index contributed by atoms with van der Waals surface area (Å²) in [5, 5.41) is 5.14. The Morgan fingerprint density at radius 2 is 2.22 bits per heavy atom. The van der Waals surface area contributed by atoms with E-state index in [2.05, 4.69) is 17.5 Å². The summed E-state index contributed by atoms with van der Waals surface area (Å²) < 4.78 is 0. The van der Waals surface area contributed by atoms with Gasteiger partial charge in [-0.3, -0.25) is 4.79 Å². The number of hydrogen-bond donors (Lipinski definition) is 1. The maximum atomic E-state index is 10.8. The topological polar surface area (TPSA) is 41.5 Å². The normalized spacial score (nSPS) is 12.7. The van der Waals surface area contributed by atoms with Crippen LogP contribution in [0.1, 0.15) is 38.2 Å². The van der Waals surface area contributed by atoms with Crippen molar-refractivity contribution in [2.45, 2.75) is 32.6 Å². The van der Waals surface area contributed by atoms with Gasteiger partial charge in [0.15, 0.2) is 0 Å². The summed E-state index contributed by atoms with van der Waals surface area (Å²) in [6.45, 7) is 3.50. The molecule has 0 aromatic heterocycles. The first-order valence-corrected chi connectivity index (χ1v) is 6.55. The molecule has 5 heteroatoms. The average Bonchev–Trinajstić information content (AvgIpc) is 2.28. The van der Waals surface area contributed by atoms with E-state index in [0.717, 1.165) is 18.4 Å². The van der Waals surface area contributed by atoms with E-state index < -0.39 is 0 Å². The lowest BCUT2D eigenvalue weighted by molar-refractivity contribution is -0.118. The molecule has 0 bridgehead atoms. The van der Waals surface area contributed by atoms with Crippen LogP contribution in [0.3, 0.4) is 0 Å². The van der Waals surface area contributed by atoms with Gasteiger partial charge in [-0.05, 0) is 24.1 Å². The maximum Gasteiger partial charge on any atom is 0.236 e. The number of amides is 1. The third-order valence-electron chi connectivity index (χ3n) is 2.44. The quantitative estimate of drug-likeness (QED) is 0.645. The Labute approximate surface area is 117 Å². The molecule has 0 aliphatic rings. The van der Waals surface area contributed by atoms with Crippen molar-refractivity contribution in [3.05, 3.63) is 33.8 Å². The average molecular weight is 287 g/mol. The predicted octanol–water partition coefficient (Wildman–Crippen LogP) is 4.00. The molecule has 1 amide bonds. The number of nitrogens with zero attached hydrogens (tertiary/aromatic N) is 1. The zero-order valence-electron chi connectivity index (χ0n) is 10.4. The molecule has 98 valence electrons. The first-order chi connectivity index (χ1) is 8.54. The molecular weight excluding hydrogens is 271 g/mol. The van der Waals surface area contributed by atoms with E-state index >= 15 is 0 Å². The second-order valence-electron chi connectivity index (χ2n) is 4.01. The van der Waals surface area contributed by atoms with Crippen molar-refractivity contribution in [1.29, 1.82) is 0 Å². The van der Waals surface area contributed by atoms with Gasteiger partial charge in [0, 0.05) is 29.1 Å². The lowest BCUT2D eigenvalue weighted by atomic mass is 9.96. The molecule has 0 saturated heterocycles. The lowest BCUT2D eigenvalue weighted by Crippen LogP contribution is -2.14. The fraction of sp³-hybridized carbons (Fsp3) is 0.385. The summed E-state index contributed by atoms with van der Waals surface area (Å²) in [6.07, 6.45) is 3.61. The lowest BCUT2D eigenvalue weighted by Gasteiger charge is -2.13. The zero-order chi connectivity index (χ0) is 13.5. The number of hydrazone groups is 1. The van der Waals surface area contributed by atoms with Crippen LogP contribution in [-0.4, -0.2) is 12.1 Å². The number of carbonyl (C=O) groups excluding carboxylic acids is 1. The van der Waals surface area contributed by atoms with Crippen molar-refractivity contribution >= 4 is 35.3 Å². The second-order valence-corrected chi connectivity index (χ2v) is 4.85. The molecule has 18 heavy (non-hydrogen) atoms. The molecule has 1 rings (SSSR count). The highest BCUT2D eigenvalue weighted by Gasteiger charge is 2.12. The van der Waals surface area contributed by atoms with Crippen molar-refractivity contribution in [3.8, 4) is 0 Å².